The van der Waals surface area contributed by atoms with Crippen molar-refractivity contribution in [2.24, 2.45) is 0 Å². The van der Waals surface area contributed by atoms with Crippen LogP contribution < -0.4 is 0 Å². The van der Waals surface area contributed by atoms with Gasteiger partial charge in [0.2, 0.25) is 0 Å². The standard InChI is InChI=1S/C6H14B2S/c7-5-2-1-3-6(4-5)9-8/h5-6H,1-4,7-8H2/t5-,6+/m0/s1. The molecule has 0 radical (unpaired) electrons. The monoisotopic (exact) mass is 140 g/mol. The molecule has 0 nitrogen and oxygen atoms in total. The fraction of sp³-hybridized carbons (Fsp3) is 1.00. The van der Waals surface area contributed by atoms with Crippen LogP contribution in [0.5, 0.6) is 0 Å². The third kappa shape index (κ3) is 2.29. The zero-order valence-electron chi connectivity index (χ0n) is 6.39. The van der Waals surface area contributed by atoms with Crippen molar-refractivity contribution in [2.45, 2.75) is 36.8 Å². The SMILES string of the molecule is BS[C@@H]1CCC[C@H](B)C1. The lowest BCUT2D eigenvalue weighted by Crippen LogP contribution is -2.13. The van der Waals surface area contributed by atoms with Gasteiger partial charge < -0.3 is 0 Å². The molecule has 0 bridgehead atoms. The van der Waals surface area contributed by atoms with Gasteiger partial charge in [0.05, 0.1) is 0 Å². The van der Waals surface area contributed by atoms with Crippen molar-refractivity contribution in [3.05, 3.63) is 0 Å². The molecule has 1 aliphatic carbocycles. The summed E-state index contributed by atoms with van der Waals surface area (Å²) >= 11 is 2.05. The molecule has 50 valence electrons. The number of hydrogen-bond acceptors (Lipinski definition) is 1. The number of hydrogen-bond donors (Lipinski definition) is 0. The first-order chi connectivity index (χ1) is 4.33. The highest BCUT2D eigenvalue weighted by molar-refractivity contribution is 8.20. The van der Waals surface area contributed by atoms with E-state index in [1.54, 1.807) is 0 Å². The highest BCUT2D eigenvalue weighted by Gasteiger charge is 2.16. The molecule has 3 heteroatoms. The molecule has 1 saturated carbocycles. The Bertz CT molecular complexity index is 87.1. The van der Waals surface area contributed by atoms with E-state index in [0.29, 0.717) is 0 Å². The largest absolute Gasteiger partial charge is 0.216 e. The van der Waals surface area contributed by atoms with Crippen LogP contribution in [0.1, 0.15) is 25.7 Å². The second-order valence-electron chi connectivity index (χ2n) is 3.13. The summed E-state index contributed by atoms with van der Waals surface area (Å²) in [5, 5.41) is 0.980. The Morgan fingerprint density at radius 2 is 2.11 bits per heavy atom. The van der Waals surface area contributed by atoms with E-state index in [-0.39, 0.29) is 0 Å². The van der Waals surface area contributed by atoms with Crippen molar-refractivity contribution in [1.82, 2.24) is 0 Å². The average Bonchev–Trinajstić information content (AvgIpc) is 1.88. The van der Waals surface area contributed by atoms with Crippen LogP contribution in [0.15, 0.2) is 0 Å². The van der Waals surface area contributed by atoms with Crippen molar-refractivity contribution >= 4 is 26.6 Å². The van der Waals surface area contributed by atoms with E-state index in [4.69, 9.17) is 0 Å². The van der Waals surface area contributed by atoms with Gasteiger partial charge in [-0.05, 0) is 18.1 Å². The maximum atomic E-state index is 2.38. The van der Waals surface area contributed by atoms with Crippen LogP contribution in [0, 0.1) is 0 Å². The van der Waals surface area contributed by atoms with E-state index >= 15 is 0 Å². The van der Waals surface area contributed by atoms with Crippen LogP contribution in [0.3, 0.4) is 0 Å². The third-order valence-electron chi connectivity index (χ3n) is 2.22. The molecule has 9 heavy (non-hydrogen) atoms. The summed E-state index contributed by atoms with van der Waals surface area (Å²) in [4.78, 5) is 0. The Hall–Kier alpha value is 0.480. The minimum absolute atomic E-state index is 0.980. The molecule has 0 aliphatic heterocycles. The molecule has 0 unspecified atom stereocenters. The zero-order valence-corrected chi connectivity index (χ0v) is 7.21. The first-order valence-electron chi connectivity index (χ1n) is 3.85. The predicted molar refractivity (Wildman–Crippen MR) is 50.7 cm³/mol. The summed E-state index contributed by atoms with van der Waals surface area (Å²) in [6.45, 7) is 0. The Kier molecular flexibility index (Phi) is 3.03. The van der Waals surface area contributed by atoms with Gasteiger partial charge in [0.15, 0.2) is 7.12 Å². The minimum atomic E-state index is 0.980. The summed E-state index contributed by atoms with van der Waals surface area (Å²) in [5.41, 5.74) is 0. The average molecular weight is 140 g/mol. The third-order valence-corrected chi connectivity index (χ3v) is 3.32. The first-order valence-corrected chi connectivity index (χ1v) is 5.14. The lowest BCUT2D eigenvalue weighted by molar-refractivity contribution is 0.517. The summed E-state index contributed by atoms with van der Waals surface area (Å²) in [5.74, 6) is 0.996. The lowest BCUT2D eigenvalue weighted by atomic mass is 9.75. The summed E-state index contributed by atoms with van der Waals surface area (Å²) in [7, 11) is 4.62. The van der Waals surface area contributed by atoms with Gasteiger partial charge in [-0.3, -0.25) is 0 Å². The van der Waals surface area contributed by atoms with Gasteiger partial charge >= 0.3 is 0 Å². The van der Waals surface area contributed by atoms with Gasteiger partial charge in [-0.2, -0.15) is 0 Å². The fourth-order valence-corrected chi connectivity index (χ4v) is 2.52. The quantitative estimate of drug-likeness (QED) is 0.481. The second-order valence-corrected chi connectivity index (χ2v) is 4.27. The molecule has 1 fully saturated rings. The van der Waals surface area contributed by atoms with Crippen molar-refractivity contribution in [1.29, 1.82) is 0 Å². The van der Waals surface area contributed by atoms with Crippen molar-refractivity contribution < 1.29 is 0 Å². The Morgan fingerprint density at radius 1 is 1.33 bits per heavy atom. The molecule has 2 atom stereocenters. The number of rotatable bonds is 1. The van der Waals surface area contributed by atoms with Crippen molar-refractivity contribution in [3.8, 4) is 0 Å². The van der Waals surface area contributed by atoms with E-state index < -0.39 is 0 Å². The molecular formula is C6H14B2S. The van der Waals surface area contributed by atoms with Crippen LogP contribution in [0.25, 0.3) is 0 Å². The van der Waals surface area contributed by atoms with Gasteiger partial charge in [-0.15, -0.1) is 0 Å². The molecule has 0 saturated heterocycles. The summed E-state index contributed by atoms with van der Waals surface area (Å²) in [6, 6.07) is 0. The highest BCUT2D eigenvalue weighted by atomic mass is 32.2. The molecule has 0 heterocycles. The molecule has 0 spiro atoms. The smallest absolute Gasteiger partial charge is 0.173 e. The van der Waals surface area contributed by atoms with Crippen molar-refractivity contribution in [3.63, 3.8) is 0 Å². The predicted octanol–water partition coefficient (Wildman–Crippen LogP) is 0.632. The Labute approximate surface area is 63.9 Å². The molecule has 0 aromatic rings. The maximum Gasteiger partial charge on any atom is 0.173 e. The second kappa shape index (κ2) is 3.60. The molecule has 1 aliphatic rings. The molecular weight excluding hydrogens is 126 g/mol. The van der Waals surface area contributed by atoms with Crippen LogP contribution in [0.2, 0.25) is 5.82 Å². The van der Waals surface area contributed by atoms with E-state index in [1.807, 2.05) is 11.6 Å². The topological polar surface area (TPSA) is 0 Å². The zero-order chi connectivity index (χ0) is 6.69. The van der Waals surface area contributed by atoms with Crippen LogP contribution in [-0.4, -0.2) is 20.2 Å². The summed E-state index contributed by atoms with van der Waals surface area (Å²) in [6.07, 6.45) is 5.86. The van der Waals surface area contributed by atoms with Gasteiger partial charge in [-0.1, -0.05) is 18.7 Å². The van der Waals surface area contributed by atoms with Crippen LogP contribution in [-0.2, 0) is 0 Å². The molecule has 0 N–H and O–H groups in total. The molecule has 1 rings (SSSR count). The molecule has 0 aromatic carbocycles. The highest BCUT2D eigenvalue weighted by Crippen LogP contribution is 2.31. The van der Waals surface area contributed by atoms with E-state index in [9.17, 15) is 0 Å². The maximum absolute atomic E-state index is 2.38. The van der Waals surface area contributed by atoms with Gasteiger partial charge in [0.25, 0.3) is 0 Å². The van der Waals surface area contributed by atoms with E-state index in [1.165, 1.54) is 25.7 Å². The van der Waals surface area contributed by atoms with Gasteiger partial charge in [0, 0.05) is 0 Å². The van der Waals surface area contributed by atoms with Gasteiger partial charge in [-0.25, -0.2) is 11.6 Å². The fourth-order valence-electron chi connectivity index (χ4n) is 1.59. The molecule has 0 aromatic heterocycles. The van der Waals surface area contributed by atoms with Crippen molar-refractivity contribution in [2.75, 3.05) is 0 Å². The minimum Gasteiger partial charge on any atom is -0.216 e. The van der Waals surface area contributed by atoms with E-state index in [2.05, 4.69) is 15.0 Å². The van der Waals surface area contributed by atoms with Crippen LogP contribution in [0.4, 0.5) is 0 Å². The van der Waals surface area contributed by atoms with Crippen LogP contribution >= 0.6 is 11.6 Å². The van der Waals surface area contributed by atoms with Gasteiger partial charge in [0.1, 0.15) is 7.85 Å². The summed E-state index contributed by atoms with van der Waals surface area (Å²) < 4.78 is 0. The normalized spacial score (nSPS) is 36.4. The lowest BCUT2D eigenvalue weighted by Gasteiger charge is -2.25. The van der Waals surface area contributed by atoms with E-state index in [0.717, 1.165) is 11.1 Å². The Balaban J connectivity index is 2.23. The first kappa shape index (κ1) is 7.59. The Morgan fingerprint density at radius 3 is 2.56 bits per heavy atom. The molecule has 0 amide bonds.